The quantitative estimate of drug-likeness (QED) is 0.604. The second-order valence-electron chi connectivity index (χ2n) is 5.18. The molecule has 1 N–H and O–H groups in total. The Morgan fingerprint density at radius 3 is 2.54 bits per heavy atom. The van der Waals surface area contributed by atoms with Gasteiger partial charge in [-0.1, -0.05) is 45.8 Å². The molecule has 0 atom stereocenters. The number of hydrogen-bond acceptors (Lipinski definition) is 4. The van der Waals surface area contributed by atoms with Crippen LogP contribution < -0.4 is 14.9 Å². The van der Waals surface area contributed by atoms with Gasteiger partial charge in [0, 0.05) is 4.47 Å². The molecule has 6 heteroatoms. The fourth-order valence-electron chi connectivity index (χ4n) is 1.94. The van der Waals surface area contributed by atoms with Crippen LogP contribution in [0.2, 0.25) is 0 Å². The fraction of sp³-hybridized carbons (Fsp3) is 0.222. The summed E-state index contributed by atoms with van der Waals surface area (Å²) >= 11 is 3.35. The number of aryl methyl sites for hydroxylation is 1. The van der Waals surface area contributed by atoms with Gasteiger partial charge in [0.25, 0.3) is 5.91 Å². The van der Waals surface area contributed by atoms with Gasteiger partial charge in [-0.25, -0.2) is 5.43 Å². The Morgan fingerprint density at radius 2 is 1.88 bits per heavy atom. The van der Waals surface area contributed by atoms with Crippen LogP contribution in [0.4, 0.5) is 0 Å². The van der Waals surface area contributed by atoms with Crippen molar-refractivity contribution in [1.29, 1.82) is 0 Å². The van der Waals surface area contributed by atoms with Gasteiger partial charge in [-0.15, -0.1) is 0 Å². The number of ether oxygens (including phenoxy) is 2. The summed E-state index contributed by atoms with van der Waals surface area (Å²) in [5.74, 6) is 0.707. The number of halogens is 1. The zero-order chi connectivity index (χ0) is 17.5. The van der Waals surface area contributed by atoms with Gasteiger partial charge in [-0.3, -0.25) is 4.79 Å². The van der Waals surface area contributed by atoms with Gasteiger partial charge in [0.15, 0.2) is 18.1 Å². The lowest BCUT2D eigenvalue weighted by Crippen LogP contribution is -2.25. The van der Waals surface area contributed by atoms with E-state index < -0.39 is 0 Å². The van der Waals surface area contributed by atoms with E-state index in [2.05, 4.69) is 26.5 Å². The van der Waals surface area contributed by atoms with Crippen molar-refractivity contribution in [1.82, 2.24) is 5.43 Å². The molecule has 5 nitrogen and oxygen atoms in total. The van der Waals surface area contributed by atoms with Crippen LogP contribution in [0.1, 0.15) is 18.1 Å². The Balaban J connectivity index is 1.91. The number of benzene rings is 2. The van der Waals surface area contributed by atoms with Crippen molar-refractivity contribution in [3.63, 3.8) is 0 Å². The maximum atomic E-state index is 11.9. The van der Waals surface area contributed by atoms with E-state index in [1.165, 1.54) is 5.56 Å². The average molecular weight is 391 g/mol. The first-order chi connectivity index (χ1) is 11.5. The highest BCUT2D eigenvalue weighted by atomic mass is 79.9. The van der Waals surface area contributed by atoms with Crippen molar-refractivity contribution in [2.45, 2.75) is 13.8 Å². The lowest BCUT2D eigenvalue weighted by Gasteiger charge is -2.10. The summed E-state index contributed by atoms with van der Waals surface area (Å²) in [4.78, 5) is 11.9. The Bertz CT molecular complexity index is 742. The number of hydrazone groups is 1. The minimum atomic E-state index is -0.341. The molecule has 24 heavy (non-hydrogen) atoms. The largest absolute Gasteiger partial charge is 0.493 e. The SMILES string of the molecule is COc1cc(Br)ccc1OCC(=O)N/N=C(/C)c1ccc(C)cc1. The standard InChI is InChI=1S/C18H19BrN2O3/c1-12-4-6-14(7-5-12)13(2)20-21-18(22)11-24-16-9-8-15(19)10-17(16)23-3/h4-10H,11H2,1-3H3,(H,21,22)/b20-13-. The monoisotopic (exact) mass is 390 g/mol. The molecule has 2 aromatic carbocycles. The first kappa shape index (κ1) is 18.0. The summed E-state index contributed by atoms with van der Waals surface area (Å²) < 4.78 is 11.6. The molecule has 2 aromatic rings. The summed E-state index contributed by atoms with van der Waals surface area (Å²) in [5.41, 5.74) is 5.34. The number of methoxy groups -OCH3 is 1. The number of hydrogen-bond donors (Lipinski definition) is 1. The lowest BCUT2D eigenvalue weighted by molar-refractivity contribution is -0.123. The second-order valence-corrected chi connectivity index (χ2v) is 6.10. The van der Waals surface area contributed by atoms with Crippen molar-refractivity contribution in [2.24, 2.45) is 5.10 Å². The third-order valence-corrected chi connectivity index (χ3v) is 3.80. The van der Waals surface area contributed by atoms with E-state index in [0.29, 0.717) is 11.5 Å². The third kappa shape index (κ3) is 5.09. The fourth-order valence-corrected chi connectivity index (χ4v) is 2.28. The zero-order valence-corrected chi connectivity index (χ0v) is 15.4. The Labute approximate surface area is 149 Å². The van der Waals surface area contributed by atoms with Crippen LogP contribution >= 0.6 is 15.9 Å². The third-order valence-electron chi connectivity index (χ3n) is 3.30. The van der Waals surface area contributed by atoms with Gasteiger partial charge in [-0.05, 0) is 37.6 Å². The topological polar surface area (TPSA) is 59.9 Å². The normalized spacial score (nSPS) is 11.1. The lowest BCUT2D eigenvalue weighted by atomic mass is 10.1. The van der Waals surface area contributed by atoms with Crippen molar-refractivity contribution < 1.29 is 14.3 Å². The summed E-state index contributed by atoms with van der Waals surface area (Å²) in [6.07, 6.45) is 0. The smallest absolute Gasteiger partial charge is 0.277 e. The van der Waals surface area contributed by atoms with Crippen LogP contribution in [0.25, 0.3) is 0 Å². The van der Waals surface area contributed by atoms with E-state index in [1.54, 1.807) is 19.2 Å². The molecule has 0 bridgehead atoms. The van der Waals surface area contributed by atoms with E-state index in [4.69, 9.17) is 9.47 Å². The molecule has 0 aliphatic heterocycles. The number of rotatable bonds is 6. The summed E-state index contributed by atoms with van der Waals surface area (Å²) in [7, 11) is 1.55. The molecule has 0 aliphatic rings. The molecule has 0 saturated heterocycles. The molecular weight excluding hydrogens is 372 g/mol. The molecule has 0 spiro atoms. The highest BCUT2D eigenvalue weighted by Crippen LogP contribution is 2.29. The number of carbonyl (C=O) groups excluding carboxylic acids is 1. The van der Waals surface area contributed by atoms with Crippen molar-refractivity contribution >= 4 is 27.5 Å². The molecule has 2 rings (SSSR count). The van der Waals surface area contributed by atoms with Gasteiger partial charge >= 0.3 is 0 Å². The minimum absolute atomic E-state index is 0.150. The average Bonchev–Trinajstić information content (AvgIpc) is 2.59. The molecular formula is C18H19BrN2O3. The highest BCUT2D eigenvalue weighted by Gasteiger charge is 2.08. The number of amides is 1. The number of nitrogens with one attached hydrogen (secondary N) is 1. The van der Waals surface area contributed by atoms with Crippen LogP contribution in [-0.2, 0) is 4.79 Å². The number of carbonyl (C=O) groups is 1. The van der Waals surface area contributed by atoms with Crippen LogP contribution in [-0.4, -0.2) is 25.3 Å². The highest BCUT2D eigenvalue weighted by molar-refractivity contribution is 9.10. The molecule has 0 fully saturated rings. The molecule has 1 amide bonds. The molecule has 0 heterocycles. The van der Waals surface area contributed by atoms with Gasteiger partial charge in [0.2, 0.25) is 0 Å². The molecule has 0 unspecified atom stereocenters. The minimum Gasteiger partial charge on any atom is -0.493 e. The summed E-state index contributed by atoms with van der Waals surface area (Å²) in [6, 6.07) is 13.2. The van der Waals surface area contributed by atoms with E-state index in [9.17, 15) is 4.79 Å². The summed E-state index contributed by atoms with van der Waals surface area (Å²) in [6.45, 7) is 3.71. The van der Waals surface area contributed by atoms with Gasteiger partial charge < -0.3 is 9.47 Å². The Hall–Kier alpha value is -2.34. The molecule has 0 aromatic heterocycles. The predicted molar refractivity (Wildman–Crippen MR) is 97.7 cm³/mol. The van der Waals surface area contributed by atoms with E-state index in [1.807, 2.05) is 44.2 Å². The second kappa shape index (κ2) is 8.49. The summed E-state index contributed by atoms with van der Waals surface area (Å²) in [5, 5.41) is 4.09. The first-order valence-corrected chi connectivity index (χ1v) is 8.15. The maximum absolute atomic E-state index is 11.9. The molecule has 0 aliphatic carbocycles. The van der Waals surface area contributed by atoms with E-state index in [0.717, 1.165) is 15.7 Å². The van der Waals surface area contributed by atoms with Gasteiger partial charge in [-0.2, -0.15) is 5.10 Å². The molecule has 0 radical (unpaired) electrons. The predicted octanol–water partition coefficient (Wildman–Crippen LogP) is 3.69. The molecule has 126 valence electrons. The van der Waals surface area contributed by atoms with Crippen LogP contribution in [0.5, 0.6) is 11.5 Å². The first-order valence-electron chi connectivity index (χ1n) is 7.36. The van der Waals surface area contributed by atoms with Gasteiger partial charge in [0.1, 0.15) is 0 Å². The van der Waals surface area contributed by atoms with Crippen LogP contribution in [0.3, 0.4) is 0 Å². The van der Waals surface area contributed by atoms with Gasteiger partial charge in [0.05, 0.1) is 12.8 Å². The number of nitrogens with zero attached hydrogens (tertiary/aromatic N) is 1. The van der Waals surface area contributed by atoms with Crippen LogP contribution in [0.15, 0.2) is 52.0 Å². The Kier molecular flexibility index (Phi) is 6.37. The zero-order valence-electron chi connectivity index (χ0n) is 13.8. The van der Waals surface area contributed by atoms with E-state index >= 15 is 0 Å². The van der Waals surface area contributed by atoms with Crippen molar-refractivity contribution in [2.75, 3.05) is 13.7 Å². The van der Waals surface area contributed by atoms with Crippen molar-refractivity contribution in [3.05, 3.63) is 58.1 Å². The maximum Gasteiger partial charge on any atom is 0.277 e. The Morgan fingerprint density at radius 1 is 1.17 bits per heavy atom. The van der Waals surface area contributed by atoms with E-state index in [-0.39, 0.29) is 12.5 Å². The molecule has 0 saturated carbocycles. The van der Waals surface area contributed by atoms with Crippen LogP contribution in [0, 0.1) is 6.92 Å². The van der Waals surface area contributed by atoms with Crippen molar-refractivity contribution in [3.8, 4) is 11.5 Å².